The Morgan fingerprint density at radius 1 is 1.00 bits per heavy atom. The summed E-state index contributed by atoms with van der Waals surface area (Å²) in [5.41, 5.74) is 0.877. The molecular formula is C18H30FN. The zero-order chi connectivity index (χ0) is 14.6. The second kappa shape index (κ2) is 10.8. The van der Waals surface area contributed by atoms with Crippen LogP contribution in [-0.2, 0) is 0 Å². The van der Waals surface area contributed by atoms with Gasteiger partial charge in [0.25, 0.3) is 0 Å². The van der Waals surface area contributed by atoms with Gasteiger partial charge >= 0.3 is 0 Å². The largest absolute Gasteiger partial charge is 0.316 e. The highest BCUT2D eigenvalue weighted by Gasteiger charge is 2.14. The van der Waals surface area contributed by atoms with Crippen LogP contribution in [0, 0.1) is 5.82 Å². The molecule has 20 heavy (non-hydrogen) atoms. The molecule has 0 fully saturated rings. The van der Waals surface area contributed by atoms with Crippen molar-refractivity contribution in [2.45, 2.75) is 64.7 Å². The van der Waals surface area contributed by atoms with E-state index >= 15 is 0 Å². The van der Waals surface area contributed by atoms with Gasteiger partial charge in [-0.2, -0.15) is 0 Å². The van der Waals surface area contributed by atoms with Crippen molar-refractivity contribution >= 4 is 0 Å². The molecular weight excluding hydrogens is 249 g/mol. The van der Waals surface area contributed by atoms with Gasteiger partial charge in [-0.1, -0.05) is 70.6 Å². The monoisotopic (exact) mass is 279 g/mol. The summed E-state index contributed by atoms with van der Waals surface area (Å²) in [4.78, 5) is 0. The first-order chi connectivity index (χ1) is 9.79. The highest BCUT2D eigenvalue weighted by atomic mass is 19.1. The second-order valence-electron chi connectivity index (χ2n) is 5.58. The van der Waals surface area contributed by atoms with Crippen molar-refractivity contribution in [1.82, 2.24) is 5.32 Å². The number of hydrogen-bond donors (Lipinski definition) is 1. The summed E-state index contributed by atoms with van der Waals surface area (Å²) in [6, 6.07) is 7.23. The molecule has 0 aliphatic carbocycles. The number of rotatable bonds is 11. The lowest BCUT2D eigenvalue weighted by Gasteiger charge is -2.18. The van der Waals surface area contributed by atoms with E-state index in [2.05, 4.69) is 19.2 Å². The van der Waals surface area contributed by atoms with Crippen molar-refractivity contribution in [2.75, 3.05) is 13.1 Å². The van der Waals surface area contributed by atoms with E-state index in [-0.39, 0.29) is 5.82 Å². The van der Waals surface area contributed by atoms with Crippen LogP contribution in [0.15, 0.2) is 24.3 Å². The first kappa shape index (κ1) is 17.2. The molecule has 0 aromatic heterocycles. The van der Waals surface area contributed by atoms with Crippen LogP contribution in [0.1, 0.15) is 70.3 Å². The third kappa shape index (κ3) is 6.51. The maximum atomic E-state index is 13.9. The predicted octanol–water partition coefficient (Wildman–Crippen LogP) is 5.27. The van der Waals surface area contributed by atoms with Crippen LogP contribution in [0.5, 0.6) is 0 Å². The van der Waals surface area contributed by atoms with Gasteiger partial charge in [-0.05, 0) is 30.5 Å². The molecule has 114 valence electrons. The molecule has 1 aromatic rings. The van der Waals surface area contributed by atoms with E-state index in [1.54, 1.807) is 12.1 Å². The molecule has 1 atom stereocenters. The third-order valence-electron chi connectivity index (χ3n) is 3.89. The molecule has 0 saturated heterocycles. The smallest absolute Gasteiger partial charge is 0.126 e. The lowest BCUT2D eigenvalue weighted by Crippen LogP contribution is -2.22. The van der Waals surface area contributed by atoms with Crippen LogP contribution in [0.25, 0.3) is 0 Å². The molecule has 0 amide bonds. The van der Waals surface area contributed by atoms with Gasteiger partial charge in [-0.15, -0.1) is 0 Å². The minimum Gasteiger partial charge on any atom is -0.316 e. The van der Waals surface area contributed by atoms with Gasteiger partial charge in [0.15, 0.2) is 0 Å². The second-order valence-corrected chi connectivity index (χ2v) is 5.58. The summed E-state index contributed by atoms with van der Waals surface area (Å²) in [6.07, 6.45) is 8.85. The SMILES string of the molecule is CCCCCCCCC(CNCC)c1ccccc1F. The molecule has 0 saturated carbocycles. The summed E-state index contributed by atoms with van der Waals surface area (Å²) in [5.74, 6) is 0.253. The summed E-state index contributed by atoms with van der Waals surface area (Å²) in [7, 11) is 0. The fourth-order valence-corrected chi connectivity index (χ4v) is 2.66. The quantitative estimate of drug-likeness (QED) is 0.544. The van der Waals surface area contributed by atoms with E-state index in [1.807, 2.05) is 12.1 Å². The average Bonchev–Trinajstić information content (AvgIpc) is 2.47. The van der Waals surface area contributed by atoms with Crippen LogP contribution < -0.4 is 5.32 Å². The van der Waals surface area contributed by atoms with Gasteiger partial charge in [0.2, 0.25) is 0 Å². The zero-order valence-electron chi connectivity index (χ0n) is 13.1. The Labute approximate surface area is 124 Å². The summed E-state index contributed by atoms with van der Waals surface area (Å²) in [6.45, 7) is 6.17. The molecule has 1 nitrogen and oxygen atoms in total. The van der Waals surface area contributed by atoms with Gasteiger partial charge in [-0.25, -0.2) is 4.39 Å². The Balaban J connectivity index is 2.42. The standard InChI is InChI=1S/C18H30FN/c1-3-5-6-7-8-9-12-16(15-20-4-2)17-13-10-11-14-18(17)19/h10-11,13-14,16,20H,3-9,12,15H2,1-2H3. The molecule has 0 bridgehead atoms. The van der Waals surface area contributed by atoms with Crippen LogP contribution in [0.4, 0.5) is 4.39 Å². The van der Waals surface area contributed by atoms with Crippen LogP contribution in [-0.4, -0.2) is 13.1 Å². The molecule has 1 rings (SSSR count). The first-order valence-corrected chi connectivity index (χ1v) is 8.24. The molecule has 1 aromatic carbocycles. The summed E-state index contributed by atoms with van der Waals surface area (Å²) >= 11 is 0. The van der Waals surface area contributed by atoms with E-state index in [0.29, 0.717) is 5.92 Å². The van der Waals surface area contributed by atoms with Crippen molar-refractivity contribution in [3.8, 4) is 0 Å². The highest BCUT2D eigenvalue weighted by Crippen LogP contribution is 2.24. The molecule has 0 aliphatic rings. The number of likely N-dealkylation sites (N-methyl/N-ethyl adjacent to an activating group) is 1. The van der Waals surface area contributed by atoms with Crippen molar-refractivity contribution in [3.63, 3.8) is 0 Å². The average molecular weight is 279 g/mol. The van der Waals surface area contributed by atoms with Crippen LogP contribution in [0.3, 0.4) is 0 Å². The molecule has 0 aliphatic heterocycles. The van der Waals surface area contributed by atoms with Crippen molar-refractivity contribution in [1.29, 1.82) is 0 Å². The Morgan fingerprint density at radius 2 is 1.70 bits per heavy atom. The van der Waals surface area contributed by atoms with E-state index in [4.69, 9.17) is 0 Å². The van der Waals surface area contributed by atoms with E-state index < -0.39 is 0 Å². The predicted molar refractivity (Wildman–Crippen MR) is 85.7 cm³/mol. The fourth-order valence-electron chi connectivity index (χ4n) is 2.66. The summed E-state index contributed by atoms with van der Waals surface area (Å²) < 4.78 is 13.9. The van der Waals surface area contributed by atoms with E-state index in [1.165, 1.54) is 38.5 Å². The van der Waals surface area contributed by atoms with Gasteiger partial charge in [-0.3, -0.25) is 0 Å². The van der Waals surface area contributed by atoms with Gasteiger partial charge in [0, 0.05) is 6.54 Å². The van der Waals surface area contributed by atoms with Gasteiger partial charge < -0.3 is 5.32 Å². The Morgan fingerprint density at radius 3 is 2.40 bits per heavy atom. The maximum absolute atomic E-state index is 13.9. The summed E-state index contributed by atoms with van der Waals surface area (Å²) in [5, 5.41) is 3.37. The minimum absolute atomic E-state index is 0.0543. The van der Waals surface area contributed by atoms with Gasteiger partial charge in [0.05, 0.1) is 0 Å². The van der Waals surface area contributed by atoms with Crippen LogP contribution in [0.2, 0.25) is 0 Å². The first-order valence-electron chi connectivity index (χ1n) is 8.24. The lowest BCUT2D eigenvalue weighted by molar-refractivity contribution is 0.492. The molecule has 1 unspecified atom stereocenters. The highest BCUT2D eigenvalue weighted by molar-refractivity contribution is 5.22. The Bertz CT molecular complexity index is 351. The molecule has 0 radical (unpaired) electrons. The normalized spacial score (nSPS) is 12.6. The van der Waals surface area contributed by atoms with E-state index in [9.17, 15) is 4.39 Å². The number of unbranched alkanes of at least 4 members (excludes halogenated alkanes) is 5. The Kier molecular flexibility index (Phi) is 9.31. The minimum atomic E-state index is -0.0543. The molecule has 0 heterocycles. The Hall–Kier alpha value is -0.890. The molecule has 0 spiro atoms. The fraction of sp³-hybridized carbons (Fsp3) is 0.667. The lowest BCUT2D eigenvalue weighted by atomic mass is 9.92. The van der Waals surface area contributed by atoms with Crippen LogP contribution >= 0.6 is 0 Å². The zero-order valence-corrected chi connectivity index (χ0v) is 13.1. The van der Waals surface area contributed by atoms with Crippen molar-refractivity contribution in [2.24, 2.45) is 0 Å². The molecule has 1 N–H and O–H groups in total. The van der Waals surface area contributed by atoms with E-state index in [0.717, 1.165) is 25.1 Å². The molecule has 2 heteroatoms. The number of hydrogen-bond acceptors (Lipinski definition) is 1. The van der Waals surface area contributed by atoms with Crippen molar-refractivity contribution < 1.29 is 4.39 Å². The topological polar surface area (TPSA) is 12.0 Å². The van der Waals surface area contributed by atoms with Crippen molar-refractivity contribution in [3.05, 3.63) is 35.6 Å². The number of nitrogens with one attached hydrogen (secondary N) is 1. The third-order valence-corrected chi connectivity index (χ3v) is 3.89. The number of benzene rings is 1. The van der Waals surface area contributed by atoms with Gasteiger partial charge in [0.1, 0.15) is 5.82 Å². The number of halogens is 1. The maximum Gasteiger partial charge on any atom is 0.126 e.